The summed E-state index contributed by atoms with van der Waals surface area (Å²) in [5, 5.41) is 0.841. The van der Waals surface area contributed by atoms with Gasteiger partial charge in [0.25, 0.3) is 0 Å². The zero-order chi connectivity index (χ0) is 12.1. The van der Waals surface area contributed by atoms with Crippen LogP contribution in [0.25, 0.3) is 0 Å². The Kier molecular flexibility index (Phi) is 5.39. The van der Waals surface area contributed by atoms with Gasteiger partial charge in [0.2, 0.25) is 0 Å². The number of ether oxygens (including phenoxy) is 1. The Labute approximate surface area is 109 Å². The van der Waals surface area contributed by atoms with Gasteiger partial charge in [0, 0.05) is 11.4 Å². The highest BCUT2D eigenvalue weighted by molar-refractivity contribution is 6.40. The lowest BCUT2D eigenvalue weighted by Crippen LogP contribution is -2.08. The molecule has 1 aromatic carbocycles. The number of hydrogen-bond acceptors (Lipinski definition) is 2. The van der Waals surface area contributed by atoms with Gasteiger partial charge in [-0.1, -0.05) is 48.1 Å². The van der Waals surface area contributed by atoms with Crippen molar-refractivity contribution in [3.05, 3.63) is 34.1 Å². The number of hydrogen-bond donors (Lipinski definition) is 0. The molecule has 0 aromatic heterocycles. The van der Waals surface area contributed by atoms with Crippen molar-refractivity contribution in [1.29, 1.82) is 0 Å². The van der Waals surface area contributed by atoms with E-state index in [1.165, 1.54) is 12.1 Å². The van der Waals surface area contributed by atoms with Crippen molar-refractivity contribution in [3.63, 3.8) is 0 Å². The molecule has 87 valence electrons. The molecule has 0 saturated carbocycles. The SMILES string of the molecule is [CH2]CCCC(=O)Oc1c(Cl)cc(Cl)cc1Cl. The lowest BCUT2D eigenvalue weighted by molar-refractivity contribution is -0.134. The number of rotatable bonds is 4. The maximum atomic E-state index is 11.4. The lowest BCUT2D eigenvalue weighted by atomic mass is 10.2. The zero-order valence-corrected chi connectivity index (χ0v) is 10.7. The van der Waals surface area contributed by atoms with Crippen LogP contribution in [0.15, 0.2) is 12.1 Å². The van der Waals surface area contributed by atoms with Crippen LogP contribution < -0.4 is 4.74 Å². The van der Waals surface area contributed by atoms with Crippen LogP contribution in [0, 0.1) is 6.92 Å². The molecule has 0 unspecified atom stereocenters. The standard InChI is InChI=1S/C11H10Cl3O2/c1-2-3-4-10(15)16-11-8(13)5-7(12)6-9(11)14/h5-6H,1-4H2. The molecule has 2 nitrogen and oxygen atoms in total. The molecule has 1 aromatic rings. The molecule has 0 aliphatic heterocycles. The fourth-order valence-corrected chi connectivity index (χ4v) is 1.95. The average molecular weight is 281 g/mol. The molecule has 5 heteroatoms. The molecule has 0 fully saturated rings. The minimum atomic E-state index is -0.380. The second-order valence-electron chi connectivity index (χ2n) is 3.13. The van der Waals surface area contributed by atoms with Crippen molar-refractivity contribution >= 4 is 40.8 Å². The van der Waals surface area contributed by atoms with Crippen LogP contribution in [-0.2, 0) is 4.79 Å². The first kappa shape index (κ1) is 13.6. The maximum Gasteiger partial charge on any atom is 0.311 e. The van der Waals surface area contributed by atoms with Gasteiger partial charge in [0.15, 0.2) is 5.75 Å². The molecule has 16 heavy (non-hydrogen) atoms. The molecule has 0 aliphatic carbocycles. The van der Waals surface area contributed by atoms with E-state index in [0.29, 0.717) is 24.3 Å². The van der Waals surface area contributed by atoms with E-state index in [2.05, 4.69) is 6.92 Å². The van der Waals surface area contributed by atoms with E-state index in [9.17, 15) is 4.79 Å². The first-order valence-electron chi connectivity index (χ1n) is 4.69. The van der Waals surface area contributed by atoms with Gasteiger partial charge in [-0.2, -0.15) is 0 Å². The Morgan fingerprint density at radius 2 is 1.81 bits per heavy atom. The van der Waals surface area contributed by atoms with Gasteiger partial charge in [-0.05, 0) is 18.6 Å². The summed E-state index contributed by atoms with van der Waals surface area (Å²) in [6, 6.07) is 2.94. The molecule has 1 rings (SSSR count). The van der Waals surface area contributed by atoms with Gasteiger partial charge in [0.05, 0.1) is 10.0 Å². The Morgan fingerprint density at radius 3 is 2.31 bits per heavy atom. The summed E-state index contributed by atoms with van der Waals surface area (Å²) in [5.74, 6) is -0.225. The summed E-state index contributed by atoms with van der Waals surface area (Å²) in [5.41, 5.74) is 0. The van der Waals surface area contributed by atoms with Gasteiger partial charge < -0.3 is 4.74 Å². The summed E-state index contributed by atoms with van der Waals surface area (Å²) in [7, 11) is 0. The highest BCUT2D eigenvalue weighted by atomic mass is 35.5. The monoisotopic (exact) mass is 279 g/mol. The van der Waals surface area contributed by atoms with Crippen LogP contribution in [-0.4, -0.2) is 5.97 Å². The third-order valence-corrected chi connectivity index (χ3v) is 2.59. The summed E-state index contributed by atoms with van der Waals surface area (Å²) >= 11 is 17.4. The van der Waals surface area contributed by atoms with Gasteiger partial charge in [0.1, 0.15) is 0 Å². The predicted octanol–water partition coefficient (Wildman–Crippen LogP) is 4.56. The smallest absolute Gasteiger partial charge is 0.311 e. The molecule has 0 saturated heterocycles. The molecule has 0 heterocycles. The predicted molar refractivity (Wildman–Crippen MR) is 66.3 cm³/mol. The van der Waals surface area contributed by atoms with Crippen LogP contribution in [0.2, 0.25) is 15.1 Å². The number of halogens is 3. The van der Waals surface area contributed by atoms with Crippen LogP contribution in [0.5, 0.6) is 5.75 Å². The molecule has 0 amide bonds. The largest absolute Gasteiger partial charge is 0.423 e. The molecular weight excluding hydrogens is 270 g/mol. The highest BCUT2D eigenvalue weighted by Crippen LogP contribution is 2.36. The van der Waals surface area contributed by atoms with Gasteiger partial charge in [-0.15, -0.1) is 0 Å². The second-order valence-corrected chi connectivity index (χ2v) is 4.38. The summed E-state index contributed by atoms with van der Waals surface area (Å²) < 4.78 is 5.04. The van der Waals surface area contributed by atoms with Crippen LogP contribution in [0.3, 0.4) is 0 Å². The highest BCUT2D eigenvalue weighted by Gasteiger charge is 2.13. The number of carbonyl (C=O) groups is 1. The third kappa shape index (κ3) is 3.85. The quantitative estimate of drug-likeness (QED) is 0.597. The molecule has 0 N–H and O–H groups in total. The van der Waals surface area contributed by atoms with Gasteiger partial charge >= 0.3 is 5.97 Å². The normalized spacial score (nSPS) is 10.2. The van der Waals surface area contributed by atoms with E-state index in [-0.39, 0.29) is 21.8 Å². The Morgan fingerprint density at radius 1 is 1.25 bits per heavy atom. The van der Waals surface area contributed by atoms with E-state index in [1.54, 1.807) is 0 Å². The second kappa shape index (κ2) is 6.33. The molecular formula is C11H10Cl3O2. The summed E-state index contributed by atoms with van der Waals surface area (Å²) in [6.45, 7) is 3.63. The summed E-state index contributed by atoms with van der Waals surface area (Å²) in [4.78, 5) is 11.4. The Bertz CT molecular complexity index is 368. The molecule has 1 radical (unpaired) electrons. The summed E-state index contributed by atoms with van der Waals surface area (Å²) in [6.07, 6.45) is 1.64. The number of carbonyl (C=O) groups excluding carboxylic acids is 1. The first-order chi connectivity index (χ1) is 7.54. The van der Waals surface area contributed by atoms with E-state index >= 15 is 0 Å². The van der Waals surface area contributed by atoms with Crippen molar-refractivity contribution in [2.24, 2.45) is 0 Å². The zero-order valence-electron chi connectivity index (χ0n) is 8.43. The number of esters is 1. The molecule has 0 atom stereocenters. The average Bonchev–Trinajstić information content (AvgIpc) is 2.20. The van der Waals surface area contributed by atoms with Crippen LogP contribution >= 0.6 is 34.8 Å². The molecule has 0 aliphatic rings. The number of benzene rings is 1. The van der Waals surface area contributed by atoms with E-state index < -0.39 is 0 Å². The molecule has 0 bridgehead atoms. The first-order valence-corrected chi connectivity index (χ1v) is 5.82. The minimum Gasteiger partial charge on any atom is -0.423 e. The van der Waals surface area contributed by atoms with Crippen molar-refractivity contribution in [2.75, 3.05) is 0 Å². The lowest BCUT2D eigenvalue weighted by Gasteiger charge is -2.08. The van der Waals surface area contributed by atoms with E-state index in [4.69, 9.17) is 39.5 Å². The molecule has 0 spiro atoms. The van der Waals surface area contributed by atoms with Gasteiger partial charge in [-0.25, -0.2) is 0 Å². The van der Waals surface area contributed by atoms with Crippen molar-refractivity contribution in [3.8, 4) is 5.75 Å². The minimum absolute atomic E-state index is 0.154. The van der Waals surface area contributed by atoms with Crippen molar-refractivity contribution in [1.82, 2.24) is 0 Å². The maximum absolute atomic E-state index is 11.4. The van der Waals surface area contributed by atoms with E-state index in [1.807, 2.05) is 0 Å². The topological polar surface area (TPSA) is 26.3 Å². The third-order valence-electron chi connectivity index (χ3n) is 1.81. The van der Waals surface area contributed by atoms with Crippen LogP contribution in [0.1, 0.15) is 19.3 Å². The fourth-order valence-electron chi connectivity index (χ4n) is 1.06. The Balaban J connectivity index is 2.77. The fraction of sp³-hybridized carbons (Fsp3) is 0.273. The Hall–Kier alpha value is -0.440. The van der Waals surface area contributed by atoms with Gasteiger partial charge in [-0.3, -0.25) is 4.79 Å². The number of unbranched alkanes of at least 4 members (excludes halogenated alkanes) is 1. The van der Waals surface area contributed by atoms with E-state index in [0.717, 1.165) is 0 Å². The van der Waals surface area contributed by atoms with Crippen molar-refractivity contribution < 1.29 is 9.53 Å². The van der Waals surface area contributed by atoms with Crippen molar-refractivity contribution in [2.45, 2.75) is 19.3 Å². The van der Waals surface area contributed by atoms with Crippen LogP contribution in [0.4, 0.5) is 0 Å².